The number of carbonyl (C=O) groups is 3. The number of benzene rings is 1. The predicted molar refractivity (Wildman–Crippen MR) is 131 cm³/mol. The summed E-state index contributed by atoms with van der Waals surface area (Å²) in [7, 11) is 0. The number of esters is 1. The lowest BCUT2D eigenvalue weighted by Gasteiger charge is -2.24. The van der Waals surface area contributed by atoms with E-state index < -0.39 is 24.1 Å². The lowest BCUT2D eigenvalue weighted by Crippen LogP contribution is -2.48. The van der Waals surface area contributed by atoms with Gasteiger partial charge in [-0.15, -0.1) is 11.3 Å². The summed E-state index contributed by atoms with van der Waals surface area (Å²) >= 11 is 1.30. The third kappa shape index (κ3) is 9.13. The number of nitrogens with zero attached hydrogens (tertiary/aromatic N) is 1. The zero-order valence-electron chi connectivity index (χ0n) is 20.5. The van der Waals surface area contributed by atoms with Gasteiger partial charge in [-0.05, 0) is 37.2 Å². The average molecular weight is 490 g/mol. The summed E-state index contributed by atoms with van der Waals surface area (Å²) < 4.78 is 10.3. The van der Waals surface area contributed by atoms with Crippen molar-refractivity contribution >= 4 is 29.3 Å². The van der Waals surface area contributed by atoms with Crippen molar-refractivity contribution < 1.29 is 23.9 Å². The fraction of sp³-hybridized carbons (Fsp3) is 0.520. The van der Waals surface area contributed by atoms with Crippen LogP contribution in [0.2, 0.25) is 0 Å². The van der Waals surface area contributed by atoms with Crippen molar-refractivity contribution in [3.8, 4) is 0 Å². The molecule has 34 heavy (non-hydrogen) atoms. The molecule has 8 nitrogen and oxygen atoms in total. The summed E-state index contributed by atoms with van der Waals surface area (Å²) in [6.07, 6.45) is 0.435. The highest BCUT2D eigenvalue weighted by Gasteiger charge is 2.27. The zero-order chi connectivity index (χ0) is 25.1. The molecule has 0 saturated heterocycles. The number of hydrogen-bond donors (Lipinski definition) is 2. The number of nitrogens with one attached hydrogen (secondary N) is 2. The Morgan fingerprint density at radius 2 is 1.65 bits per heavy atom. The normalized spacial score (nSPS) is 12.8. The third-order valence-corrected chi connectivity index (χ3v) is 5.82. The Morgan fingerprint density at radius 1 is 0.971 bits per heavy atom. The van der Waals surface area contributed by atoms with Gasteiger partial charge in [-0.3, -0.25) is 4.79 Å². The lowest BCUT2D eigenvalue weighted by atomic mass is 10.0. The maximum absolute atomic E-state index is 13.2. The standard InChI is InChI=1S/C25H35N3O5S/c1-6-32-24(30)21-15-34-23(27-21)20(13-17(4)5)26-22(29)19(12-16(2)3)28-25(31)33-14-18-10-8-7-9-11-18/h7-11,15-17,19-20H,6,12-14H2,1-5H3,(H,26,29)(H,28,31)/t19-,20-/m0/s1. The fourth-order valence-corrected chi connectivity index (χ4v) is 4.17. The highest BCUT2D eigenvalue weighted by atomic mass is 32.1. The number of aromatic nitrogens is 1. The molecule has 2 amide bonds. The quantitative estimate of drug-likeness (QED) is 0.412. The van der Waals surface area contributed by atoms with E-state index in [0.717, 1.165) is 5.56 Å². The molecule has 1 aromatic heterocycles. The second kappa shape index (κ2) is 13.7. The van der Waals surface area contributed by atoms with Crippen LogP contribution in [0.15, 0.2) is 35.7 Å². The van der Waals surface area contributed by atoms with Crippen LogP contribution in [0.4, 0.5) is 4.79 Å². The van der Waals surface area contributed by atoms with Crippen molar-refractivity contribution in [3.05, 3.63) is 52.0 Å². The molecule has 1 heterocycles. The second-order valence-corrected chi connectivity index (χ2v) is 9.76. The molecule has 2 atom stereocenters. The molecule has 2 aromatic rings. The average Bonchev–Trinajstić information content (AvgIpc) is 3.27. The molecular formula is C25H35N3O5S. The van der Waals surface area contributed by atoms with Gasteiger partial charge >= 0.3 is 12.1 Å². The van der Waals surface area contributed by atoms with Gasteiger partial charge in [0.15, 0.2) is 5.69 Å². The van der Waals surface area contributed by atoms with Crippen molar-refractivity contribution in [2.24, 2.45) is 11.8 Å². The van der Waals surface area contributed by atoms with E-state index in [4.69, 9.17) is 9.47 Å². The Balaban J connectivity index is 2.08. The summed E-state index contributed by atoms with van der Waals surface area (Å²) in [5, 5.41) is 7.99. The Labute approximate surface area is 205 Å². The monoisotopic (exact) mass is 489 g/mol. The molecular weight excluding hydrogens is 454 g/mol. The van der Waals surface area contributed by atoms with Crippen LogP contribution in [0, 0.1) is 11.8 Å². The van der Waals surface area contributed by atoms with Crippen LogP contribution in [0.5, 0.6) is 0 Å². The number of alkyl carbamates (subject to hydrolysis) is 1. The topological polar surface area (TPSA) is 107 Å². The van der Waals surface area contributed by atoms with E-state index in [9.17, 15) is 14.4 Å². The van der Waals surface area contributed by atoms with Gasteiger partial charge in [-0.2, -0.15) is 0 Å². The Kier molecular flexibility index (Phi) is 11.0. The van der Waals surface area contributed by atoms with Gasteiger partial charge in [0, 0.05) is 5.38 Å². The van der Waals surface area contributed by atoms with Crippen LogP contribution in [-0.2, 0) is 20.9 Å². The van der Waals surface area contributed by atoms with Crippen molar-refractivity contribution in [1.29, 1.82) is 0 Å². The van der Waals surface area contributed by atoms with E-state index in [1.54, 1.807) is 12.3 Å². The molecule has 0 aliphatic rings. The van der Waals surface area contributed by atoms with Crippen molar-refractivity contribution in [2.45, 2.75) is 66.2 Å². The van der Waals surface area contributed by atoms with E-state index >= 15 is 0 Å². The molecule has 9 heteroatoms. The van der Waals surface area contributed by atoms with Crippen molar-refractivity contribution in [3.63, 3.8) is 0 Å². The molecule has 0 unspecified atom stereocenters. The van der Waals surface area contributed by atoms with E-state index in [0.29, 0.717) is 17.8 Å². The third-order valence-electron chi connectivity index (χ3n) is 4.86. The Hall–Kier alpha value is -2.94. The van der Waals surface area contributed by atoms with Gasteiger partial charge in [0.05, 0.1) is 12.6 Å². The summed E-state index contributed by atoms with van der Waals surface area (Å²) in [6.45, 7) is 10.2. The highest BCUT2D eigenvalue weighted by Crippen LogP contribution is 2.25. The first-order chi connectivity index (χ1) is 16.2. The summed E-state index contributed by atoms with van der Waals surface area (Å²) in [5.41, 5.74) is 1.09. The van der Waals surface area contributed by atoms with Crippen LogP contribution in [-0.4, -0.2) is 35.6 Å². The molecule has 0 fully saturated rings. The van der Waals surface area contributed by atoms with Crippen molar-refractivity contribution in [1.82, 2.24) is 15.6 Å². The summed E-state index contributed by atoms with van der Waals surface area (Å²) in [4.78, 5) is 42.0. The van der Waals surface area contributed by atoms with Gasteiger partial charge < -0.3 is 20.1 Å². The maximum atomic E-state index is 13.2. The minimum absolute atomic E-state index is 0.119. The number of ether oxygens (including phenoxy) is 2. The molecule has 0 bridgehead atoms. The van der Waals surface area contributed by atoms with Gasteiger partial charge in [0.2, 0.25) is 5.91 Å². The first-order valence-electron chi connectivity index (χ1n) is 11.6. The molecule has 0 aliphatic heterocycles. The second-order valence-electron chi connectivity index (χ2n) is 8.87. The Morgan fingerprint density at radius 3 is 2.26 bits per heavy atom. The smallest absolute Gasteiger partial charge is 0.408 e. The first kappa shape index (κ1) is 27.3. The van der Waals surface area contributed by atoms with Crippen LogP contribution >= 0.6 is 11.3 Å². The van der Waals surface area contributed by atoms with Gasteiger partial charge in [0.1, 0.15) is 17.7 Å². The molecule has 0 saturated carbocycles. The lowest BCUT2D eigenvalue weighted by molar-refractivity contribution is -0.124. The maximum Gasteiger partial charge on any atom is 0.408 e. The van der Waals surface area contributed by atoms with Gasteiger partial charge in [-0.1, -0.05) is 58.0 Å². The molecule has 2 N–H and O–H groups in total. The number of carbonyl (C=O) groups excluding carboxylic acids is 3. The largest absolute Gasteiger partial charge is 0.461 e. The van der Waals surface area contributed by atoms with E-state index in [1.807, 2.05) is 58.0 Å². The molecule has 0 spiro atoms. The minimum atomic E-state index is -0.762. The highest BCUT2D eigenvalue weighted by molar-refractivity contribution is 7.09. The van der Waals surface area contributed by atoms with Crippen LogP contribution in [0.1, 0.15) is 74.6 Å². The number of hydrogen-bond acceptors (Lipinski definition) is 7. The van der Waals surface area contributed by atoms with E-state index in [1.165, 1.54) is 11.3 Å². The number of rotatable bonds is 12. The predicted octanol–water partition coefficient (Wildman–Crippen LogP) is 4.86. The van der Waals surface area contributed by atoms with Gasteiger partial charge in [0.25, 0.3) is 0 Å². The molecule has 1 aromatic carbocycles. The SMILES string of the molecule is CCOC(=O)c1csc([C@H](CC(C)C)NC(=O)[C@H](CC(C)C)NC(=O)OCc2ccccc2)n1. The Bertz CT molecular complexity index is 930. The first-order valence-corrected chi connectivity index (χ1v) is 12.5. The van der Waals surface area contributed by atoms with Crippen LogP contribution in [0.3, 0.4) is 0 Å². The number of thiazole rings is 1. The summed E-state index contributed by atoms with van der Waals surface area (Å²) in [5.74, 6) is -0.361. The van der Waals surface area contributed by atoms with Crippen LogP contribution in [0.25, 0.3) is 0 Å². The van der Waals surface area contributed by atoms with E-state index in [2.05, 4.69) is 15.6 Å². The number of amides is 2. The molecule has 0 aliphatic carbocycles. The summed E-state index contributed by atoms with van der Waals surface area (Å²) in [6, 6.07) is 8.19. The van der Waals surface area contributed by atoms with E-state index in [-0.39, 0.29) is 36.7 Å². The fourth-order valence-electron chi connectivity index (χ4n) is 3.32. The minimum Gasteiger partial charge on any atom is -0.461 e. The van der Waals surface area contributed by atoms with Crippen LogP contribution < -0.4 is 10.6 Å². The van der Waals surface area contributed by atoms with Gasteiger partial charge in [-0.25, -0.2) is 14.6 Å². The zero-order valence-corrected chi connectivity index (χ0v) is 21.3. The van der Waals surface area contributed by atoms with Crippen molar-refractivity contribution in [2.75, 3.05) is 6.61 Å². The molecule has 2 rings (SSSR count). The molecule has 0 radical (unpaired) electrons. The molecule has 186 valence electrons.